The summed E-state index contributed by atoms with van der Waals surface area (Å²) >= 11 is 1.56. The highest BCUT2D eigenvalue weighted by Gasteiger charge is 2.22. The summed E-state index contributed by atoms with van der Waals surface area (Å²) in [5, 5.41) is 8.90. The summed E-state index contributed by atoms with van der Waals surface area (Å²) in [6.07, 6.45) is 0.890. The lowest BCUT2D eigenvalue weighted by atomic mass is 10.1. The van der Waals surface area contributed by atoms with Crippen LogP contribution in [0.15, 0.2) is 53.3 Å². The molecule has 0 saturated heterocycles. The van der Waals surface area contributed by atoms with Crippen molar-refractivity contribution in [1.82, 2.24) is 9.78 Å². The molecule has 0 spiro atoms. The summed E-state index contributed by atoms with van der Waals surface area (Å²) in [5.41, 5.74) is 2.39. The van der Waals surface area contributed by atoms with Gasteiger partial charge in [-0.05, 0) is 44.0 Å². The molecule has 1 amide bonds. The number of thiophene rings is 1. The fourth-order valence-electron chi connectivity index (χ4n) is 3.37. The first-order chi connectivity index (χ1) is 13.5. The molecule has 142 valence electrons. The monoisotopic (exact) mass is 391 g/mol. The highest BCUT2D eigenvalue weighted by molar-refractivity contribution is 7.26. The third-order valence-corrected chi connectivity index (χ3v) is 6.23. The molecule has 5 nitrogen and oxygen atoms in total. The number of carbonyl (C=O) groups is 1. The minimum atomic E-state index is -0.723. The normalized spacial score (nSPS) is 12.4. The summed E-state index contributed by atoms with van der Waals surface area (Å²) in [5.74, 6) is -0.263. The van der Waals surface area contributed by atoms with Crippen molar-refractivity contribution in [3.8, 4) is 0 Å². The molecule has 2 heterocycles. The number of aryl methyl sites for hydroxylation is 2. The first-order valence-corrected chi connectivity index (χ1v) is 10.1. The maximum Gasteiger partial charge on any atom is 0.276 e. The molecule has 0 fully saturated rings. The van der Waals surface area contributed by atoms with Crippen LogP contribution in [0.2, 0.25) is 0 Å². The van der Waals surface area contributed by atoms with E-state index in [-0.39, 0.29) is 11.5 Å². The minimum Gasteiger partial charge on any atom is -0.324 e. The van der Waals surface area contributed by atoms with E-state index in [2.05, 4.69) is 17.3 Å². The molecule has 0 bridgehead atoms. The second-order valence-corrected chi connectivity index (χ2v) is 7.91. The van der Waals surface area contributed by atoms with Gasteiger partial charge in [-0.3, -0.25) is 9.59 Å². The van der Waals surface area contributed by atoms with Crippen molar-refractivity contribution >= 4 is 43.1 Å². The molecule has 28 heavy (non-hydrogen) atoms. The summed E-state index contributed by atoms with van der Waals surface area (Å²) in [6, 6.07) is 14.8. The Morgan fingerprint density at radius 3 is 2.79 bits per heavy atom. The third-order valence-electron chi connectivity index (χ3n) is 4.95. The highest BCUT2D eigenvalue weighted by Crippen LogP contribution is 2.32. The third kappa shape index (κ3) is 3.10. The SMILES string of the molecule is CCc1cccc(NC(=O)[C@H](C)n2nc(C)c3sc4ccccc4c3c2=O)c1. The topological polar surface area (TPSA) is 64.0 Å². The molecule has 0 aliphatic heterocycles. The van der Waals surface area contributed by atoms with Gasteiger partial charge in [-0.1, -0.05) is 37.3 Å². The van der Waals surface area contributed by atoms with Gasteiger partial charge < -0.3 is 5.32 Å². The van der Waals surface area contributed by atoms with Gasteiger partial charge in [0.15, 0.2) is 0 Å². The molecule has 4 aromatic rings. The molecule has 2 aromatic heterocycles. The van der Waals surface area contributed by atoms with Crippen molar-refractivity contribution in [2.45, 2.75) is 33.2 Å². The Bertz CT molecular complexity index is 1260. The van der Waals surface area contributed by atoms with Gasteiger partial charge in [0.2, 0.25) is 5.91 Å². The zero-order chi connectivity index (χ0) is 19.8. The molecule has 1 atom stereocenters. The van der Waals surface area contributed by atoms with Crippen LogP contribution >= 0.6 is 11.3 Å². The Balaban J connectivity index is 1.75. The smallest absolute Gasteiger partial charge is 0.276 e. The summed E-state index contributed by atoms with van der Waals surface area (Å²) in [4.78, 5) is 26.0. The fourth-order valence-corrected chi connectivity index (χ4v) is 4.50. The second kappa shape index (κ2) is 7.20. The van der Waals surface area contributed by atoms with Gasteiger partial charge in [0, 0.05) is 15.8 Å². The number of rotatable bonds is 4. The molecular weight excluding hydrogens is 370 g/mol. The number of hydrogen-bond acceptors (Lipinski definition) is 4. The Hall–Kier alpha value is -2.99. The van der Waals surface area contributed by atoms with Crippen LogP contribution in [0.5, 0.6) is 0 Å². The van der Waals surface area contributed by atoms with E-state index < -0.39 is 6.04 Å². The lowest BCUT2D eigenvalue weighted by Gasteiger charge is -2.15. The first-order valence-electron chi connectivity index (χ1n) is 9.30. The number of hydrogen-bond donors (Lipinski definition) is 1. The van der Waals surface area contributed by atoms with Crippen molar-refractivity contribution < 1.29 is 4.79 Å². The predicted molar refractivity (Wildman–Crippen MR) is 115 cm³/mol. The van der Waals surface area contributed by atoms with Crippen LogP contribution in [-0.2, 0) is 11.2 Å². The number of amides is 1. The van der Waals surface area contributed by atoms with E-state index in [9.17, 15) is 9.59 Å². The van der Waals surface area contributed by atoms with Crippen molar-refractivity contribution in [1.29, 1.82) is 0 Å². The Morgan fingerprint density at radius 2 is 2.00 bits per heavy atom. The van der Waals surface area contributed by atoms with Crippen LogP contribution in [0.3, 0.4) is 0 Å². The molecule has 4 rings (SSSR count). The number of nitrogens with one attached hydrogen (secondary N) is 1. The van der Waals surface area contributed by atoms with Gasteiger partial charge >= 0.3 is 0 Å². The van der Waals surface area contributed by atoms with Crippen LogP contribution < -0.4 is 10.9 Å². The lowest BCUT2D eigenvalue weighted by Crippen LogP contribution is -2.33. The number of anilines is 1. The summed E-state index contributed by atoms with van der Waals surface area (Å²) < 4.78 is 3.23. The molecule has 0 saturated carbocycles. The fraction of sp³-hybridized carbons (Fsp3) is 0.227. The van der Waals surface area contributed by atoms with E-state index in [1.54, 1.807) is 18.3 Å². The van der Waals surface area contributed by atoms with E-state index >= 15 is 0 Å². The maximum absolute atomic E-state index is 13.2. The van der Waals surface area contributed by atoms with Gasteiger partial charge in [-0.25, -0.2) is 4.68 Å². The zero-order valence-electron chi connectivity index (χ0n) is 16.0. The molecule has 2 aromatic carbocycles. The van der Waals surface area contributed by atoms with E-state index in [1.807, 2.05) is 55.5 Å². The van der Waals surface area contributed by atoms with Crippen LogP contribution in [0.1, 0.15) is 31.1 Å². The second-order valence-electron chi connectivity index (χ2n) is 6.86. The number of fused-ring (bicyclic) bond motifs is 3. The first kappa shape index (κ1) is 18.4. The largest absolute Gasteiger partial charge is 0.324 e. The van der Waals surface area contributed by atoms with Crippen molar-refractivity contribution in [2.75, 3.05) is 5.32 Å². The summed E-state index contributed by atoms with van der Waals surface area (Å²) in [7, 11) is 0. The Labute approximate surface area is 166 Å². The van der Waals surface area contributed by atoms with Crippen molar-refractivity contribution in [3.05, 3.63) is 70.1 Å². The number of aromatic nitrogens is 2. The van der Waals surface area contributed by atoms with E-state index in [0.29, 0.717) is 5.39 Å². The minimum absolute atomic E-state index is 0.233. The van der Waals surface area contributed by atoms with Crippen molar-refractivity contribution in [2.24, 2.45) is 0 Å². The average molecular weight is 391 g/mol. The quantitative estimate of drug-likeness (QED) is 0.549. The lowest BCUT2D eigenvalue weighted by molar-refractivity contribution is -0.119. The number of carbonyl (C=O) groups excluding carboxylic acids is 1. The van der Waals surface area contributed by atoms with Crippen LogP contribution in [0.4, 0.5) is 5.69 Å². The highest BCUT2D eigenvalue weighted by atomic mass is 32.1. The van der Waals surface area contributed by atoms with Crippen LogP contribution in [0, 0.1) is 6.92 Å². The molecule has 0 aliphatic carbocycles. The molecule has 0 radical (unpaired) electrons. The Morgan fingerprint density at radius 1 is 1.21 bits per heavy atom. The van der Waals surface area contributed by atoms with Gasteiger partial charge in [0.1, 0.15) is 6.04 Å². The molecular formula is C22H21N3O2S. The van der Waals surface area contributed by atoms with Gasteiger partial charge in [0.05, 0.1) is 15.8 Å². The Kier molecular flexibility index (Phi) is 4.73. The molecule has 0 aliphatic rings. The van der Waals surface area contributed by atoms with E-state index in [1.165, 1.54) is 4.68 Å². The van der Waals surface area contributed by atoms with Crippen molar-refractivity contribution in [3.63, 3.8) is 0 Å². The zero-order valence-corrected chi connectivity index (χ0v) is 16.8. The van der Waals surface area contributed by atoms with Gasteiger partial charge in [-0.15, -0.1) is 11.3 Å². The van der Waals surface area contributed by atoms with Crippen LogP contribution in [-0.4, -0.2) is 15.7 Å². The number of nitrogens with zero attached hydrogens (tertiary/aromatic N) is 2. The van der Waals surface area contributed by atoms with E-state index in [0.717, 1.165) is 38.2 Å². The van der Waals surface area contributed by atoms with Gasteiger partial charge in [0.25, 0.3) is 5.56 Å². The molecule has 0 unspecified atom stereocenters. The average Bonchev–Trinajstić information content (AvgIpc) is 3.11. The van der Waals surface area contributed by atoms with Crippen LogP contribution in [0.25, 0.3) is 20.2 Å². The van der Waals surface area contributed by atoms with E-state index in [4.69, 9.17) is 0 Å². The standard InChI is InChI=1S/C22H21N3O2S/c1-4-15-8-7-9-16(12-15)23-21(26)14(3)25-22(27)19-17-10-5-6-11-18(17)28-20(19)13(2)24-25/h5-12,14H,4H2,1-3H3,(H,23,26)/t14-/m0/s1. The molecule has 1 N–H and O–H groups in total. The number of benzene rings is 2. The molecule has 6 heteroatoms. The van der Waals surface area contributed by atoms with Gasteiger partial charge in [-0.2, -0.15) is 5.10 Å². The maximum atomic E-state index is 13.2. The summed E-state index contributed by atoms with van der Waals surface area (Å²) in [6.45, 7) is 5.65. The predicted octanol–water partition coefficient (Wildman–Crippen LogP) is 4.68.